The van der Waals surface area contributed by atoms with Gasteiger partial charge in [0.25, 0.3) is 0 Å². The van der Waals surface area contributed by atoms with Crippen molar-refractivity contribution < 1.29 is 78.3 Å². The molecule has 1 rings (SSSR count). The molecule has 1 aromatic carbocycles. The number of aliphatic carboxylic acids is 2. The molecular formula is C38H58N10O16. The Kier molecular flexibility index (Phi) is 23.4. The number of nitrogens with two attached hydrogens (primary N) is 2. The van der Waals surface area contributed by atoms with Gasteiger partial charge in [-0.3, -0.25) is 52.7 Å². The van der Waals surface area contributed by atoms with E-state index in [1.807, 2.05) is 5.32 Å². The molecule has 356 valence electrons. The number of carboxylic acids is 2. The first-order chi connectivity index (χ1) is 29.9. The molecule has 8 atom stereocenters. The van der Waals surface area contributed by atoms with E-state index >= 15 is 0 Å². The van der Waals surface area contributed by atoms with E-state index in [0.717, 1.165) is 0 Å². The lowest BCUT2D eigenvalue weighted by molar-refractivity contribution is -0.139. The van der Waals surface area contributed by atoms with E-state index < -0.39 is 152 Å². The third-order valence-corrected chi connectivity index (χ3v) is 8.94. The van der Waals surface area contributed by atoms with Crippen molar-refractivity contribution in [1.82, 2.24) is 42.5 Å². The van der Waals surface area contributed by atoms with E-state index in [2.05, 4.69) is 37.2 Å². The molecule has 0 aliphatic heterocycles. The van der Waals surface area contributed by atoms with Crippen molar-refractivity contribution in [2.45, 2.75) is 108 Å². The number of nitrogens with one attached hydrogen (secondary N) is 8. The van der Waals surface area contributed by atoms with Gasteiger partial charge in [0.05, 0.1) is 25.7 Å². The minimum atomic E-state index is -1.83. The minimum Gasteiger partial charge on any atom is -0.508 e. The number of amides is 9. The smallest absolute Gasteiger partial charge is 0.322 e. The van der Waals surface area contributed by atoms with E-state index in [0.29, 0.717) is 5.56 Å². The van der Waals surface area contributed by atoms with Crippen molar-refractivity contribution in [2.24, 2.45) is 17.4 Å². The van der Waals surface area contributed by atoms with Crippen LogP contribution in [0.25, 0.3) is 0 Å². The lowest BCUT2D eigenvalue weighted by Crippen LogP contribution is -2.61. The molecule has 9 amide bonds. The van der Waals surface area contributed by atoms with Crippen LogP contribution in [-0.4, -0.2) is 159 Å². The lowest BCUT2D eigenvalue weighted by Gasteiger charge is -2.27. The van der Waals surface area contributed by atoms with Crippen LogP contribution in [0.3, 0.4) is 0 Å². The van der Waals surface area contributed by atoms with Gasteiger partial charge in [0.15, 0.2) is 0 Å². The van der Waals surface area contributed by atoms with Gasteiger partial charge in [-0.25, -0.2) is 0 Å². The van der Waals surface area contributed by atoms with Crippen molar-refractivity contribution in [1.29, 1.82) is 0 Å². The Morgan fingerprint density at radius 3 is 1.52 bits per heavy atom. The highest BCUT2D eigenvalue weighted by Gasteiger charge is 2.34. The summed E-state index contributed by atoms with van der Waals surface area (Å²) >= 11 is 0. The first-order valence-electron chi connectivity index (χ1n) is 19.8. The third-order valence-electron chi connectivity index (χ3n) is 8.94. The number of hydrogen-bond donors (Lipinski definition) is 15. The molecule has 0 saturated heterocycles. The number of carbonyl (C=O) groups is 11. The number of rotatable bonds is 28. The number of carboxylic acid groups (broad SMARTS) is 2. The van der Waals surface area contributed by atoms with Crippen molar-refractivity contribution in [3.05, 3.63) is 29.8 Å². The number of benzene rings is 1. The van der Waals surface area contributed by atoms with Crippen molar-refractivity contribution in [3.63, 3.8) is 0 Å². The van der Waals surface area contributed by atoms with E-state index in [1.54, 1.807) is 26.0 Å². The fourth-order valence-electron chi connectivity index (χ4n) is 5.48. The SMILES string of the molecule is CC(C)C[C@H](NC(=O)[C@H](CC(N)=O)NC(=O)[C@H](CO)NC(=O)[C@H](C)NC(=O)[C@H](C)NC(=O)[C@@H](N)Cc1ccc(O)cc1)C(=O)N[C@@H](CCC(=O)O)C(=O)N[C@@H](CO)C(=O)NCC(=O)O. The second-order valence-electron chi connectivity index (χ2n) is 15.0. The number of aliphatic hydroxyl groups excluding tert-OH is 2. The molecule has 0 bridgehead atoms. The number of phenolic OH excluding ortho intramolecular Hbond substituents is 1. The summed E-state index contributed by atoms with van der Waals surface area (Å²) in [5.74, 6) is -12.6. The third kappa shape index (κ3) is 20.3. The summed E-state index contributed by atoms with van der Waals surface area (Å²) < 4.78 is 0. The molecule has 0 heterocycles. The predicted octanol–water partition coefficient (Wildman–Crippen LogP) is -6.33. The average molecular weight is 911 g/mol. The van der Waals surface area contributed by atoms with E-state index in [4.69, 9.17) is 16.6 Å². The second kappa shape index (κ2) is 27.2. The van der Waals surface area contributed by atoms with Gasteiger partial charge < -0.3 is 79.5 Å². The molecule has 17 N–H and O–H groups in total. The first-order valence-corrected chi connectivity index (χ1v) is 19.8. The van der Waals surface area contributed by atoms with E-state index in [9.17, 15) is 73.2 Å². The number of carbonyl (C=O) groups excluding carboxylic acids is 9. The average Bonchev–Trinajstić information content (AvgIpc) is 3.21. The molecule has 0 aliphatic rings. The van der Waals surface area contributed by atoms with E-state index in [-0.39, 0.29) is 24.5 Å². The largest absolute Gasteiger partial charge is 0.508 e. The molecule has 0 aromatic heterocycles. The number of phenols is 1. The Morgan fingerprint density at radius 1 is 0.562 bits per heavy atom. The van der Waals surface area contributed by atoms with Crippen LogP contribution in [0, 0.1) is 5.92 Å². The number of aromatic hydroxyl groups is 1. The number of aliphatic hydroxyl groups is 2. The fourth-order valence-corrected chi connectivity index (χ4v) is 5.48. The summed E-state index contributed by atoms with van der Waals surface area (Å²) in [7, 11) is 0. The Hall–Kier alpha value is -6.93. The molecule has 1 aromatic rings. The van der Waals surface area contributed by atoms with Crippen LogP contribution in [0.2, 0.25) is 0 Å². The topological polar surface area (TPSA) is 437 Å². The zero-order valence-electron chi connectivity index (χ0n) is 35.5. The molecule has 0 radical (unpaired) electrons. The summed E-state index contributed by atoms with van der Waals surface area (Å²) in [6.07, 6.45) is -2.19. The number of primary amides is 1. The summed E-state index contributed by atoms with van der Waals surface area (Å²) in [4.78, 5) is 138. The maximum Gasteiger partial charge on any atom is 0.322 e. The summed E-state index contributed by atoms with van der Waals surface area (Å²) in [6.45, 7) is 2.85. The van der Waals surface area contributed by atoms with Crippen molar-refractivity contribution in [2.75, 3.05) is 19.8 Å². The highest BCUT2D eigenvalue weighted by Crippen LogP contribution is 2.12. The van der Waals surface area contributed by atoms with Gasteiger partial charge in [-0.05, 0) is 56.7 Å². The van der Waals surface area contributed by atoms with Crippen LogP contribution < -0.4 is 54.0 Å². The van der Waals surface area contributed by atoms with Crippen molar-refractivity contribution in [3.8, 4) is 5.75 Å². The molecule has 0 unspecified atom stereocenters. The quantitative estimate of drug-likeness (QED) is 0.0372. The molecule has 26 heteroatoms. The van der Waals surface area contributed by atoms with E-state index in [1.165, 1.54) is 26.0 Å². The van der Waals surface area contributed by atoms with Gasteiger partial charge in [0, 0.05) is 6.42 Å². The zero-order chi connectivity index (χ0) is 48.8. The summed E-state index contributed by atoms with van der Waals surface area (Å²) in [6, 6.07) is -6.27. The maximum atomic E-state index is 13.6. The van der Waals surface area contributed by atoms with Crippen molar-refractivity contribution >= 4 is 65.1 Å². The molecule has 26 nitrogen and oxygen atoms in total. The van der Waals surface area contributed by atoms with Gasteiger partial charge >= 0.3 is 11.9 Å². The molecular weight excluding hydrogens is 852 g/mol. The summed E-state index contributed by atoms with van der Waals surface area (Å²) in [5.41, 5.74) is 11.9. The molecule has 64 heavy (non-hydrogen) atoms. The highest BCUT2D eigenvalue weighted by atomic mass is 16.4. The van der Waals surface area contributed by atoms with Crippen LogP contribution >= 0.6 is 0 Å². The number of hydrogen-bond acceptors (Lipinski definition) is 15. The molecule has 0 aliphatic carbocycles. The Morgan fingerprint density at radius 2 is 1.00 bits per heavy atom. The standard InChI is InChI=1S/C38H58N10O16/c1-17(2)11-24(36(62)44-23(9-10-29(53)54)35(61)48-26(15-49)34(60)41-14-30(55)56)45-37(63)25(13-28(40)52)46-38(64)27(16-50)47-32(58)19(4)42-31(57)18(3)43-33(59)22(39)12-20-5-7-21(51)8-6-20/h5-8,17-19,22-27,49-51H,9-16,39H2,1-4H3,(H2,40,52)(H,41,60)(H,42,57)(H,43,59)(H,44,62)(H,45,63)(H,46,64)(H,47,58)(H,48,61)(H,53,54)(H,55,56)/t18-,19-,22-,23-,24-,25-,26-,27-/m0/s1. The Balaban J connectivity index is 3.07. The molecule has 0 fully saturated rings. The normalized spacial score (nSPS) is 14.6. The van der Waals surface area contributed by atoms with Gasteiger partial charge in [-0.2, -0.15) is 0 Å². The first kappa shape index (κ1) is 55.1. The minimum absolute atomic E-state index is 0.0152. The predicted molar refractivity (Wildman–Crippen MR) is 220 cm³/mol. The van der Waals surface area contributed by atoms with Gasteiger partial charge in [0.1, 0.15) is 54.6 Å². The van der Waals surface area contributed by atoms with Gasteiger partial charge in [-0.15, -0.1) is 0 Å². The monoisotopic (exact) mass is 910 g/mol. The molecule has 0 saturated carbocycles. The van der Waals surface area contributed by atoms with Crippen LogP contribution in [0.5, 0.6) is 5.75 Å². The second-order valence-corrected chi connectivity index (χ2v) is 15.0. The maximum absolute atomic E-state index is 13.6. The molecule has 0 spiro atoms. The van der Waals surface area contributed by atoms with Crippen LogP contribution in [0.4, 0.5) is 0 Å². The Labute approximate surface area is 366 Å². The Bertz CT molecular complexity index is 1850. The lowest BCUT2D eigenvalue weighted by atomic mass is 10.0. The van der Waals surface area contributed by atoms with Gasteiger partial charge in [0.2, 0.25) is 53.2 Å². The van der Waals surface area contributed by atoms with Crippen LogP contribution in [0.15, 0.2) is 24.3 Å². The van der Waals surface area contributed by atoms with Crippen LogP contribution in [0.1, 0.15) is 58.9 Å². The zero-order valence-corrected chi connectivity index (χ0v) is 35.5. The van der Waals surface area contributed by atoms with Crippen LogP contribution in [-0.2, 0) is 59.2 Å². The van der Waals surface area contributed by atoms with Gasteiger partial charge in [-0.1, -0.05) is 26.0 Å². The highest BCUT2D eigenvalue weighted by molar-refractivity contribution is 5.99. The summed E-state index contributed by atoms with van der Waals surface area (Å²) in [5, 5.41) is 64.7. The fraction of sp³-hybridized carbons (Fsp3) is 0.553.